The highest BCUT2D eigenvalue weighted by Gasteiger charge is 2.33. The van der Waals surface area contributed by atoms with Gasteiger partial charge in [-0.1, -0.05) is 48.0 Å². The summed E-state index contributed by atoms with van der Waals surface area (Å²) in [4.78, 5) is 25.7. The fourth-order valence-corrected chi connectivity index (χ4v) is 3.55. The normalized spacial score (nSPS) is 11.2. The number of rotatable bonds is 5. The zero-order valence-electron chi connectivity index (χ0n) is 19.1. The minimum Gasteiger partial charge on any atom is -0.324 e. The van der Waals surface area contributed by atoms with Crippen LogP contribution in [0.1, 0.15) is 17.0 Å². The van der Waals surface area contributed by atoms with Gasteiger partial charge in [-0.2, -0.15) is 23.1 Å². The predicted octanol–water partition coefficient (Wildman–Crippen LogP) is 7.22. The molecule has 4 aromatic rings. The van der Waals surface area contributed by atoms with Crippen LogP contribution in [0.5, 0.6) is 0 Å². The summed E-state index contributed by atoms with van der Waals surface area (Å²) in [6.45, 7) is 3.63. The summed E-state index contributed by atoms with van der Waals surface area (Å²) < 4.78 is 39.3. The number of benzene rings is 3. The van der Waals surface area contributed by atoms with Crippen LogP contribution in [0.3, 0.4) is 0 Å². The van der Waals surface area contributed by atoms with Crippen LogP contribution < -0.4 is 16.0 Å². The molecule has 0 fully saturated rings. The minimum atomic E-state index is -4.64. The average molecular weight is 513 g/mol. The van der Waals surface area contributed by atoms with Crippen molar-refractivity contribution in [2.45, 2.75) is 20.0 Å². The zero-order chi connectivity index (χ0) is 25.9. The molecule has 0 unspecified atom stereocenters. The molecule has 4 rings (SSSR count). The number of amides is 2. The third-order valence-corrected chi connectivity index (χ3v) is 5.38. The average Bonchev–Trinajstić information content (AvgIpc) is 2.82. The number of anilines is 4. The zero-order valence-corrected chi connectivity index (χ0v) is 19.9. The molecule has 0 bridgehead atoms. The quantitative estimate of drug-likeness (QED) is 0.262. The number of carbonyl (C=O) groups is 1. The van der Waals surface area contributed by atoms with Crippen molar-refractivity contribution < 1.29 is 18.0 Å². The molecule has 3 N–H and O–H groups in total. The number of hydrogen-bond donors (Lipinski definition) is 3. The van der Waals surface area contributed by atoms with Gasteiger partial charge >= 0.3 is 12.2 Å². The molecule has 1 heterocycles. The SMILES string of the molecule is Cc1nc(Nc2cc(NC(=O)Nc3ccc(Cl)c(C(F)(F)F)c3)ccc2C)nc(-c2ccccc2)n1. The van der Waals surface area contributed by atoms with Crippen molar-refractivity contribution in [3.63, 3.8) is 0 Å². The van der Waals surface area contributed by atoms with Crippen molar-refractivity contribution >= 4 is 40.6 Å². The lowest BCUT2D eigenvalue weighted by Crippen LogP contribution is -2.20. The summed E-state index contributed by atoms with van der Waals surface area (Å²) in [5, 5.41) is 7.68. The largest absolute Gasteiger partial charge is 0.417 e. The van der Waals surface area contributed by atoms with E-state index >= 15 is 0 Å². The van der Waals surface area contributed by atoms with Crippen LogP contribution in [-0.4, -0.2) is 21.0 Å². The second-order valence-corrected chi connectivity index (χ2v) is 8.23. The lowest BCUT2D eigenvalue weighted by atomic mass is 10.2. The number of carbonyl (C=O) groups excluding carboxylic acids is 1. The number of nitrogens with one attached hydrogen (secondary N) is 3. The fraction of sp³-hybridized carbons (Fsp3) is 0.120. The molecule has 0 aliphatic rings. The number of nitrogens with zero attached hydrogens (tertiary/aromatic N) is 3. The summed E-state index contributed by atoms with van der Waals surface area (Å²) in [5.74, 6) is 1.36. The Morgan fingerprint density at radius 3 is 2.22 bits per heavy atom. The number of urea groups is 1. The Morgan fingerprint density at radius 1 is 0.861 bits per heavy atom. The van der Waals surface area contributed by atoms with E-state index in [1.165, 1.54) is 6.07 Å². The third-order valence-electron chi connectivity index (χ3n) is 5.05. The minimum absolute atomic E-state index is 0.0520. The number of halogens is 4. The van der Waals surface area contributed by atoms with Crippen LogP contribution in [0.4, 0.5) is 41.0 Å². The number of aryl methyl sites for hydroxylation is 2. The second-order valence-electron chi connectivity index (χ2n) is 7.82. The van der Waals surface area contributed by atoms with E-state index in [9.17, 15) is 18.0 Å². The van der Waals surface area contributed by atoms with E-state index in [2.05, 4.69) is 30.9 Å². The first kappa shape index (κ1) is 24.9. The first-order valence-corrected chi connectivity index (χ1v) is 11.1. The molecule has 36 heavy (non-hydrogen) atoms. The van der Waals surface area contributed by atoms with Gasteiger partial charge in [0.25, 0.3) is 0 Å². The highest BCUT2D eigenvalue weighted by Crippen LogP contribution is 2.36. The van der Waals surface area contributed by atoms with Gasteiger partial charge < -0.3 is 16.0 Å². The lowest BCUT2D eigenvalue weighted by Gasteiger charge is -2.14. The van der Waals surface area contributed by atoms with E-state index < -0.39 is 22.8 Å². The topological polar surface area (TPSA) is 91.8 Å². The molecule has 0 saturated heterocycles. The van der Waals surface area contributed by atoms with E-state index in [0.29, 0.717) is 29.0 Å². The molecule has 0 spiro atoms. The lowest BCUT2D eigenvalue weighted by molar-refractivity contribution is -0.137. The third kappa shape index (κ3) is 6.08. The van der Waals surface area contributed by atoms with Gasteiger partial charge in [0.15, 0.2) is 5.82 Å². The fourth-order valence-electron chi connectivity index (χ4n) is 3.32. The number of aromatic nitrogens is 3. The Bertz CT molecular complexity index is 1410. The smallest absolute Gasteiger partial charge is 0.324 e. The molecule has 184 valence electrons. The summed E-state index contributed by atoms with van der Waals surface area (Å²) in [7, 11) is 0. The number of alkyl halides is 3. The molecular formula is C25H20ClF3N6O. The Labute approximate surface area is 209 Å². The molecule has 11 heteroatoms. The van der Waals surface area contributed by atoms with Crippen molar-refractivity contribution in [1.82, 2.24) is 15.0 Å². The maximum absolute atomic E-state index is 13.1. The van der Waals surface area contributed by atoms with E-state index in [4.69, 9.17) is 11.6 Å². The Morgan fingerprint density at radius 2 is 1.53 bits per heavy atom. The molecule has 0 atom stereocenters. The predicted molar refractivity (Wildman–Crippen MR) is 134 cm³/mol. The van der Waals surface area contributed by atoms with E-state index in [1.54, 1.807) is 25.1 Å². The van der Waals surface area contributed by atoms with Gasteiger partial charge in [-0.05, 0) is 49.7 Å². The number of hydrogen-bond acceptors (Lipinski definition) is 5. The van der Waals surface area contributed by atoms with Crippen LogP contribution >= 0.6 is 11.6 Å². The highest BCUT2D eigenvalue weighted by molar-refractivity contribution is 6.31. The summed E-state index contributed by atoms with van der Waals surface area (Å²) in [5.41, 5.74) is 1.64. The van der Waals surface area contributed by atoms with Crippen LogP contribution in [-0.2, 0) is 6.18 Å². The van der Waals surface area contributed by atoms with E-state index in [1.807, 2.05) is 37.3 Å². The molecule has 7 nitrogen and oxygen atoms in total. The molecule has 0 saturated carbocycles. The molecule has 1 aromatic heterocycles. The second kappa shape index (κ2) is 10.2. The standard InChI is InChI=1S/C25H20ClF3N6O/c1-14-8-9-18(33-24(36)32-17-10-11-20(26)19(12-17)25(27,28)29)13-21(14)34-23-31-15(2)30-22(35-23)16-6-4-3-5-7-16/h3-13H,1-2H3,(H2,32,33,36)(H,30,31,34,35). The van der Waals surface area contributed by atoms with Gasteiger partial charge in [0, 0.05) is 22.6 Å². The van der Waals surface area contributed by atoms with Crippen molar-refractivity contribution in [1.29, 1.82) is 0 Å². The summed E-state index contributed by atoms with van der Waals surface area (Å²) >= 11 is 5.63. The van der Waals surface area contributed by atoms with Crippen LogP contribution in [0.2, 0.25) is 5.02 Å². The first-order chi connectivity index (χ1) is 17.1. The molecule has 2 amide bonds. The monoisotopic (exact) mass is 512 g/mol. The van der Waals surface area contributed by atoms with Crippen molar-refractivity contribution in [3.05, 3.63) is 88.7 Å². The van der Waals surface area contributed by atoms with Gasteiger partial charge in [-0.15, -0.1) is 0 Å². The molecule has 0 radical (unpaired) electrons. The van der Waals surface area contributed by atoms with E-state index in [0.717, 1.165) is 23.3 Å². The summed E-state index contributed by atoms with van der Waals surface area (Å²) in [6.07, 6.45) is -4.64. The first-order valence-electron chi connectivity index (χ1n) is 10.7. The van der Waals surface area contributed by atoms with Crippen molar-refractivity contribution in [2.75, 3.05) is 16.0 Å². The Balaban J connectivity index is 1.51. The molecule has 3 aromatic carbocycles. The van der Waals surface area contributed by atoms with Crippen LogP contribution in [0.15, 0.2) is 66.7 Å². The Kier molecular flexibility index (Phi) is 7.07. The molecule has 0 aliphatic heterocycles. The molecular weight excluding hydrogens is 493 g/mol. The van der Waals surface area contributed by atoms with Crippen molar-refractivity contribution in [3.8, 4) is 11.4 Å². The maximum atomic E-state index is 13.1. The maximum Gasteiger partial charge on any atom is 0.417 e. The van der Waals surface area contributed by atoms with Crippen LogP contribution in [0.25, 0.3) is 11.4 Å². The van der Waals surface area contributed by atoms with Gasteiger partial charge in [-0.3, -0.25) is 0 Å². The van der Waals surface area contributed by atoms with Gasteiger partial charge in [0.2, 0.25) is 5.95 Å². The van der Waals surface area contributed by atoms with Crippen LogP contribution in [0, 0.1) is 13.8 Å². The van der Waals surface area contributed by atoms with E-state index in [-0.39, 0.29) is 5.69 Å². The Hall–Kier alpha value is -4.18. The van der Waals surface area contributed by atoms with Gasteiger partial charge in [0.05, 0.1) is 10.6 Å². The molecule has 0 aliphatic carbocycles. The van der Waals surface area contributed by atoms with Gasteiger partial charge in [-0.25, -0.2) is 9.78 Å². The van der Waals surface area contributed by atoms with Gasteiger partial charge in [0.1, 0.15) is 5.82 Å². The highest BCUT2D eigenvalue weighted by atomic mass is 35.5. The summed E-state index contributed by atoms with van der Waals surface area (Å²) in [6, 6.07) is 17.0. The van der Waals surface area contributed by atoms with Crippen molar-refractivity contribution in [2.24, 2.45) is 0 Å².